The first-order valence-electron chi connectivity index (χ1n) is 18.6. The van der Waals surface area contributed by atoms with Crippen LogP contribution in [0.2, 0.25) is 54.4 Å². The number of ketones is 1. The number of carbonyl (C=O) groups is 1. The van der Waals surface area contributed by atoms with Crippen LogP contribution in [0.1, 0.15) is 134 Å². The third-order valence-electron chi connectivity index (χ3n) is 11.7. The van der Waals surface area contributed by atoms with E-state index in [0.29, 0.717) is 12.3 Å². The van der Waals surface area contributed by atoms with Crippen molar-refractivity contribution in [1.82, 2.24) is 0 Å². The second-order valence-electron chi connectivity index (χ2n) is 18.9. The van der Waals surface area contributed by atoms with Crippen LogP contribution in [-0.4, -0.2) is 49.0 Å². The Morgan fingerprint density at radius 2 is 1.28 bits per heavy atom. The fourth-order valence-electron chi connectivity index (χ4n) is 5.47. The van der Waals surface area contributed by atoms with Gasteiger partial charge in [-0.25, -0.2) is 0 Å². The molecule has 4 nitrogen and oxygen atoms in total. The Hall–Kier alpha value is -0.319. The van der Waals surface area contributed by atoms with Crippen molar-refractivity contribution < 1.29 is 18.1 Å². The molecule has 5 atom stereocenters. The van der Waals surface area contributed by atoms with E-state index in [2.05, 4.69) is 133 Å². The summed E-state index contributed by atoms with van der Waals surface area (Å²) in [5.74, 6) is 0.882. The number of unbranched alkanes of at least 4 members (excludes halogenated alkanes) is 3. The van der Waals surface area contributed by atoms with Gasteiger partial charge in [0.15, 0.2) is 25.0 Å². The van der Waals surface area contributed by atoms with Crippen LogP contribution in [0.25, 0.3) is 0 Å². The van der Waals surface area contributed by atoms with Crippen LogP contribution in [0, 0.1) is 11.8 Å². The summed E-state index contributed by atoms with van der Waals surface area (Å²) in [6, 6.07) is 0. The molecule has 0 aliphatic heterocycles. The molecule has 1 saturated carbocycles. The predicted molar refractivity (Wildman–Crippen MR) is 209 cm³/mol. The molecular formula is C39H78O4Si3. The van der Waals surface area contributed by atoms with Crippen LogP contribution >= 0.6 is 0 Å². The van der Waals surface area contributed by atoms with Gasteiger partial charge in [0.1, 0.15) is 5.78 Å². The van der Waals surface area contributed by atoms with Gasteiger partial charge >= 0.3 is 0 Å². The topological polar surface area (TPSA) is 44.8 Å². The summed E-state index contributed by atoms with van der Waals surface area (Å²) in [6.45, 7) is 39.4. The van der Waals surface area contributed by atoms with Gasteiger partial charge in [-0.2, -0.15) is 0 Å². The van der Waals surface area contributed by atoms with Gasteiger partial charge in [0, 0.05) is 12.3 Å². The summed E-state index contributed by atoms with van der Waals surface area (Å²) in [7, 11) is -5.97. The van der Waals surface area contributed by atoms with E-state index in [9.17, 15) is 4.79 Å². The second-order valence-corrected chi connectivity index (χ2v) is 33.2. The Bertz CT molecular complexity index is 979. The summed E-state index contributed by atoms with van der Waals surface area (Å²) in [4.78, 5) is 11.5. The van der Waals surface area contributed by atoms with Crippen molar-refractivity contribution in [2.24, 2.45) is 11.8 Å². The van der Waals surface area contributed by atoms with Crippen molar-refractivity contribution in [3.63, 3.8) is 0 Å². The lowest BCUT2D eigenvalue weighted by molar-refractivity contribution is -0.117. The van der Waals surface area contributed by atoms with Crippen molar-refractivity contribution in [3.8, 4) is 0 Å². The molecule has 0 radical (unpaired) electrons. The summed E-state index contributed by atoms with van der Waals surface area (Å²) < 4.78 is 21.7. The Morgan fingerprint density at radius 3 is 1.76 bits per heavy atom. The second kappa shape index (κ2) is 17.6. The Morgan fingerprint density at radius 1 is 0.761 bits per heavy atom. The third kappa shape index (κ3) is 13.5. The van der Waals surface area contributed by atoms with Gasteiger partial charge in [-0.3, -0.25) is 0 Å². The van der Waals surface area contributed by atoms with Gasteiger partial charge in [-0.05, 0) is 99.3 Å². The van der Waals surface area contributed by atoms with Crippen LogP contribution in [0.4, 0.5) is 0 Å². The first-order valence-corrected chi connectivity index (χ1v) is 27.3. The van der Waals surface area contributed by atoms with E-state index in [-0.39, 0.29) is 45.1 Å². The maximum Gasteiger partial charge on any atom is 0.192 e. The number of hydrogen-bond donors (Lipinski definition) is 0. The summed E-state index contributed by atoms with van der Waals surface area (Å²) in [5, 5.41) is 0.452. The highest BCUT2D eigenvalue weighted by atomic mass is 28.4. The molecule has 1 fully saturated rings. The molecule has 0 heterocycles. The molecule has 7 heteroatoms. The lowest BCUT2D eigenvalue weighted by Gasteiger charge is -2.40. The van der Waals surface area contributed by atoms with Crippen LogP contribution in [0.15, 0.2) is 24.3 Å². The van der Waals surface area contributed by atoms with Crippen molar-refractivity contribution in [1.29, 1.82) is 0 Å². The zero-order valence-corrected chi connectivity index (χ0v) is 36.7. The minimum absolute atomic E-state index is 0.129. The van der Waals surface area contributed by atoms with Gasteiger partial charge in [0.25, 0.3) is 0 Å². The number of Topliss-reactive ketones (excluding diaryl/α,β-unsaturated/α-hetero) is 1. The molecule has 0 spiro atoms. The van der Waals surface area contributed by atoms with E-state index in [4.69, 9.17) is 13.3 Å². The third-order valence-corrected chi connectivity index (χ3v) is 25.3. The molecule has 270 valence electrons. The van der Waals surface area contributed by atoms with Crippen LogP contribution in [0.5, 0.6) is 0 Å². The average Bonchev–Trinajstić information content (AvgIpc) is 3.16. The molecule has 0 unspecified atom stereocenters. The standard InChI is InChI=1S/C39H78O4Si3/c1-18-19-22-26-32(41-44(12,13)37(3,4)5)28-29-34-33(27-24-21-20-23-25-31(2)40)35(42-45(14,15)38(6,7)8)30-36(34)43-46(16,17)39(9,10)11/h21,24,28-29,32-36H,18-20,22-23,25-27,30H2,1-17H3/b24-21-,29-28+/t32-,33+,34+,35-,36+/m0/s1. The Labute approximate surface area is 290 Å². The van der Waals surface area contributed by atoms with E-state index in [0.717, 1.165) is 32.1 Å². The van der Waals surface area contributed by atoms with Crippen molar-refractivity contribution in [2.45, 2.75) is 207 Å². The number of carbonyl (C=O) groups excluding carboxylic acids is 1. The molecule has 0 bridgehead atoms. The van der Waals surface area contributed by atoms with Gasteiger partial charge in [-0.15, -0.1) is 0 Å². The summed E-state index contributed by atoms with van der Waals surface area (Å²) in [6.07, 6.45) is 19.2. The fraction of sp³-hybridized carbons (Fsp3) is 0.872. The monoisotopic (exact) mass is 695 g/mol. The maximum atomic E-state index is 11.5. The number of rotatable bonds is 18. The largest absolute Gasteiger partial charge is 0.414 e. The minimum atomic E-state index is -2.02. The fourth-order valence-corrected chi connectivity index (χ4v) is 9.52. The Kier molecular flexibility index (Phi) is 16.7. The van der Waals surface area contributed by atoms with E-state index >= 15 is 0 Å². The van der Waals surface area contributed by atoms with Gasteiger partial charge < -0.3 is 18.1 Å². The van der Waals surface area contributed by atoms with Gasteiger partial charge in [-0.1, -0.05) is 113 Å². The highest BCUT2D eigenvalue weighted by molar-refractivity contribution is 6.75. The molecule has 1 aliphatic rings. The lowest BCUT2D eigenvalue weighted by atomic mass is 9.89. The molecular weight excluding hydrogens is 617 g/mol. The minimum Gasteiger partial charge on any atom is -0.414 e. The van der Waals surface area contributed by atoms with E-state index < -0.39 is 25.0 Å². The molecule has 0 aromatic carbocycles. The molecule has 0 saturated heterocycles. The molecule has 1 aliphatic carbocycles. The predicted octanol–water partition coefficient (Wildman–Crippen LogP) is 12.6. The summed E-state index contributed by atoms with van der Waals surface area (Å²) in [5.41, 5.74) is 0. The average molecular weight is 695 g/mol. The molecule has 0 N–H and O–H groups in total. The first kappa shape index (κ1) is 43.7. The van der Waals surface area contributed by atoms with Crippen LogP contribution in [-0.2, 0) is 18.1 Å². The van der Waals surface area contributed by atoms with Gasteiger partial charge in [0.05, 0.1) is 18.3 Å². The van der Waals surface area contributed by atoms with Gasteiger partial charge in [0.2, 0.25) is 0 Å². The zero-order valence-electron chi connectivity index (χ0n) is 33.7. The molecule has 46 heavy (non-hydrogen) atoms. The summed E-state index contributed by atoms with van der Waals surface area (Å²) >= 11 is 0. The van der Waals surface area contributed by atoms with Crippen molar-refractivity contribution >= 4 is 30.7 Å². The molecule has 0 amide bonds. The maximum absolute atomic E-state index is 11.5. The molecule has 0 aromatic rings. The van der Waals surface area contributed by atoms with E-state index in [1.54, 1.807) is 6.92 Å². The molecule has 1 rings (SSSR count). The number of allylic oxidation sites excluding steroid dienone is 2. The highest BCUT2D eigenvalue weighted by Crippen LogP contribution is 2.48. The smallest absolute Gasteiger partial charge is 0.192 e. The van der Waals surface area contributed by atoms with Crippen molar-refractivity contribution in [2.75, 3.05) is 0 Å². The SMILES string of the molecule is CCCCC[C@@H](/C=C/[C@@H]1[C@@H](C/C=C\CCCC(C)=O)[C@@H](O[Si](C)(C)C(C)(C)C)C[C@H]1O[Si](C)(C)C(C)(C)C)O[Si](C)(C)C(C)(C)C. The zero-order chi connectivity index (χ0) is 35.8. The first-order chi connectivity index (χ1) is 20.8. The van der Waals surface area contributed by atoms with E-state index in [1.165, 1.54) is 19.3 Å². The normalized spacial score (nSPS) is 23.2. The van der Waals surface area contributed by atoms with Crippen LogP contribution in [0.3, 0.4) is 0 Å². The van der Waals surface area contributed by atoms with E-state index in [1.807, 2.05) is 0 Å². The Balaban J connectivity index is 3.61. The van der Waals surface area contributed by atoms with Crippen molar-refractivity contribution in [3.05, 3.63) is 24.3 Å². The number of hydrogen-bond acceptors (Lipinski definition) is 4. The van der Waals surface area contributed by atoms with Crippen LogP contribution < -0.4 is 0 Å². The lowest BCUT2D eigenvalue weighted by Crippen LogP contribution is -2.45. The highest BCUT2D eigenvalue weighted by Gasteiger charge is 2.50. The quantitative estimate of drug-likeness (QED) is 0.0814. The molecule has 0 aromatic heterocycles.